The summed E-state index contributed by atoms with van der Waals surface area (Å²) in [5.41, 5.74) is 4.35. The van der Waals surface area contributed by atoms with Crippen molar-refractivity contribution in [1.29, 1.82) is 0 Å². The Morgan fingerprint density at radius 1 is 1.24 bits per heavy atom. The Balaban J connectivity index is 2.35. The molecular formula is C14H13ClFN. The molecule has 0 saturated heterocycles. The predicted molar refractivity (Wildman–Crippen MR) is 67.9 cm³/mol. The van der Waals surface area contributed by atoms with Gasteiger partial charge in [0.2, 0.25) is 0 Å². The van der Waals surface area contributed by atoms with Gasteiger partial charge in [0.05, 0.1) is 5.52 Å². The van der Waals surface area contributed by atoms with Crippen molar-refractivity contribution in [3.63, 3.8) is 0 Å². The minimum atomic E-state index is -0.221. The molecule has 0 bridgehead atoms. The number of pyridine rings is 1. The van der Waals surface area contributed by atoms with Crippen LogP contribution in [0, 0.1) is 5.82 Å². The molecule has 3 rings (SSSR count). The van der Waals surface area contributed by atoms with Crippen LogP contribution in [0.4, 0.5) is 4.39 Å². The molecule has 1 aromatic carbocycles. The molecule has 1 heterocycles. The van der Waals surface area contributed by atoms with Crippen molar-refractivity contribution in [2.75, 3.05) is 0 Å². The van der Waals surface area contributed by atoms with E-state index in [0.717, 1.165) is 35.0 Å². The topological polar surface area (TPSA) is 12.9 Å². The molecule has 0 unspecified atom stereocenters. The standard InChI is InChI=1S/C14H13ClFN/c15-8-12-10-3-1-2-4-13(10)17-14-6-5-9(16)7-11(12)14/h5-7H,1-4,8H2. The van der Waals surface area contributed by atoms with E-state index in [1.807, 2.05) is 0 Å². The highest BCUT2D eigenvalue weighted by Gasteiger charge is 2.17. The van der Waals surface area contributed by atoms with Crippen molar-refractivity contribution >= 4 is 22.5 Å². The fourth-order valence-electron chi connectivity index (χ4n) is 2.65. The Kier molecular flexibility index (Phi) is 2.75. The summed E-state index contributed by atoms with van der Waals surface area (Å²) in [7, 11) is 0. The largest absolute Gasteiger partial charge is 0.253 e. The van der Waals surface area contributed by atoms with Crippen molar-refractivity contribution in [2.24, 2.45) is 0 Å². The quantitative estimate of drug-likeness (QED) is 0.697. The number of hydrogen-bond donors (Lipinski definition) is 0. The van der Waals surface area contributed by atoms with Crippen LogP contribution in [0.2, 0.25) is 0 Å². The number of fused-ring (bicyclic) bond motifs is 2. The second-order valence-corrected chi connectivity index (χ2v) is 4.79. The van der Waals surface area contributed by atoms with Crippen LogP contribution in [0.3, 0.4) is 0 Å². The Bertz CT molecular complexity index is 580. The maximum atomic E-state index is 13.3. The maximum absolute atomic E-state index is 13.3. The first kappa shape index (κ1) is 11.0. The molecule has 0 spiro atoms. The van der Waals surface area contributed by atoms with E-state index in [1.165, 1.54) is 24.5 Å². The summed E-state index contributed by atoms with van der Waals surface area (Å²) in [6.07, 6.45) is 4.41. The predicted octanol–water partition coefficient (Wildman–Crippen LogP) is 3.99. The summed E-state index contributed by atoms with van der Waals surface area (Å²) >= 11 is 6.04. The molecule has 0 aliphatic heterocycles. The van der Waals surface area contributed by atoms with Gasteiger partial charge in [-0.25, -0.2) is 4.39 Å². The summed E-state index contributed by atoms with van der Waals surface area (Å²) in [6, 6.07) is 4.76. The Morgan fingerprint density at radius 2 is 2.06 bits per heavy atom. The van der Waals surface area contributed by atoms with Crippen molar-refractivity contribution in [3.8, 4) is 0 Å². The Labute approximate surface area is 105 Å². The lowest BCUT2D eigenvalue weighted by molar-refractivity contribution is 0.629. The second kappa shape index (κ2) is 4.26. The molecule has 0 atom stereocenters. The van der Waals surface area contributed by atoms with Crippen molar-refractivity contribution in [1.82, 2.24) is 4.98 Å². The minimum absolute atomic E-state index is 0.221. The number of benzene rings is 1. The highest BCUT2D eigenvalue weighted by Crippen LogP contribution is 2.30. The minimum Gasteiger partial charge on any atom is -0.253 e. The van der Waals surface area contributed by atoms with Crippen LogP contribution < -0.4 is 0 Å². The van der Waals surface area contributed by atoms with Crippen LogP contribution in [0.25, 0.3) is 10.9 Å². The molecule has 1 aliphatic rings. The van der Waals surface area contributed by atoms with E-state index < -0.39 is 0 Å². The van der Waals surface area contributed by atoms with Gasteiger partial charge in [-0.15, -0.1) is 11.6 Å². The van der Waals surface area contributed by atoms with Crippen molar-refractivity contribution in [2.45, 2.75) is 31.6 Å². The van der Waals surface area contributed by atoms with Gasteiger partial charge in [-0.1, -0.05) is 0 Å². The van der Waals surface area contributed by atoms with Gasteiger partial charge >= 0.3 is 0 Å². The molecule has 1 aliphatic carbocycles. The molecule has 1 aromatic heterocycles. The molecule has 0 fully saturated rings. The average Bonchev–Trinajstić information content (AvgIpc) is 2.36. The van der Waals surface area contributed by atoms with E-state index >= 15 is 0 Å². The molecule has 0 amide bonds. The lowest BCUT2D eigenvalue weighted by Crippen LogP contribution is -2.09. The van der Waals surface area contributed by atoms with Gasteiger partial charge in [0.1, 0.15) is 5.82 Å². The van der Waals surface area contributed by atoms with E-state index in [9.17, 15) is 4.39 Å². The SMILES string of the molecule is Fc1ccc2nc3c(c(CCl)c2c1)CCCC3. The summed E-state index contributed by atoms with van der Waals surface area (Å²) in [4.78, 5) is 4.64. The molecule has 2 aromatic rings. The zero-order valence-electron chi connectivity index (χ0n) is 9.47. The normalized spacial score (nSPS) is 14.9. The van der Waals surface area contributed by atoms with E-state index in [4.69, 9.17) is 11.6 Å². The van der Waals surface area contributed by atoms with Gasteiger partial charge in [0.15, 0.2) is 0 Å². The number of hydrogen-bond acceptors (Lipinski definition) is 1. The number of aromatic nitrogens is 1. The second-order valence-electron chi connectivity index (χ2n) is 4.52. The van der Waals surface area contributed by atoms with Crippen LogP contribution >= 0.6 is 11.6 Å². The van der Waals surface area contributed by atoms with Crippen LogP contribution in [-0.2, 0) is 18.7 Å². The number of aryl methyl sites for hydroxylation is 1. The summed E-state index contributed by atoms with van der Waals surface area (Å²) < 4.78 is 13.3. The average molecular weight is 250 g/mol. The number of alkyl halides is 1. The Hall–Kier alpha value is -1.15. The van der Waals surface area contributed by atoms with Crippen molar-refractivity contribution in [3.05, 3.63) is 40.8 Å². The van der Waals surface area contributed by atoms with Gasteiger partial charge in [-0.2, -0.15) is 0 Å². The summed E-state index contributed by atoms with van der Waals surface area (Å²) in [6.45, 7) is 0. The van der Waals surface area contributed by atoms with Gasteiger partial charge in [0.25, 0.3) is 0 Å². The number of halogens is 2. The Morgan fingerprint density at radius 3 is 2.88 bits per heavy atom. The van der Waals surface area contributed by atoms with Crippen molar-refractivity contribution < 1.29 is 4.39 Å². The summed E-state index contributed by atoms with van der Waals surface area (Å²) in [5.74, 6) is 0.214. The van der Waals surface area contributed by atoms with E-state index in [2.05, 4.69) is 4.98 Å². The first-order valence-electron chi connectivity index (χ1n) is 5.95. The maximum Gasteiger partial charge on any atom is 0.123 e. The molecule has 3 heteroatoms. The third-order valence-electron chi connectivity index (χ3n) is 3.48. The highest BCUT2D eigenvalue weighted by atomic mass is 35.5. The fraction of sp³-hybridized carbons (Fsp3) is 0.357. The molecule has 17 heavy (non-hydrogen) atoms. The molecule has 0 saturated carbocycles. The lowest BCUT2D eigenvalue weighted by atomic mass is 9.90. The number of nitrogens with zero attached hydrogens (tertiary/aromatic N) is 1. The monoisotopic (exact) mass is 249 g/mol. The van der Waals surface area contributed by atoms with E-state index in [0.29, 0.717) is 5.88 Å². The van der Waals surface area contributed by atoms with Gasteiger partial charge in [-0.05, 0) is 55.0 Å². The van der Waals surface area contributed by atoms with Crippen LogP contribution in [0.15, 0.2) is 18.2 Å². The van der Waals surface area contributed by atoms with E-state index in [1.54, 1.807) is 12.1 Å². The third-order valence-corrected chi connectivity index (χ3v) is 3.74. The smallest absolute Gasteiger partial charge is 0.123 e. The summed E-state index contributed by atoms with van der Waals surface area (Å²) in [5, 5.41) is 0.876. The zero-order chi connectivity index (χ0) is 11.8. The van der Waals surface area contributed by atoms with Gasteiger partial charge in [0, 0.05) is 17.0 Å². The van der Waals surface area contributed by atoms with E-state index in [-0.39, 0.29) is 5.82 Å². The lowest BCUT2D eigenvalue weighted by Gasteiger charge is -2.19. The van der Waals surface area contributed by atoms with Gasteiger partial charge in [-0.3, -0.25) is 4.98 Å². The van der Waals surface area contributed by atoms with Crippen LogP contribution in [-0.4, -0.2) is 4.98 Å². The van der Waals surface area contributed by atoms with Crippen LogP contribution in [0.1, 0.15) is 29.7 Å². The first-order chi connectivity index (χ1) is 8.29. The van der Waals surface area contributed by atoms with Gasteiger partial charge < -0.3 is 0 Å². The number of rotatable bonds is 1. The zero-order valence-corrected chi connectivity index (χ0v) is 10.2. The third kappa shape index (κ3) is 1.81. The molecule has 0 N–H and O–H groups in total. The fourth-order valence-corrected chi connectivity index (χ4v) is 2.95. The van der Waals surface area contributed by atoms with Crippen LogP contribution in [0.5, 0.6) is 0 Å². The molecule has 88 valence electrons. The first-order valence-corrected chi connectivity index (χ1v) is 6.49. The highest BCUT2D eigenvalue weighted by molar-refractivity contribution is 6.18. The molecule has 1 nitrogen and oxygen atoms in total. The molecular weight excluding hydrogens is 237 g/mol. The molecule has 0 radical (unpaired) electrons.